The van der Waals surface area contributed by atoms with Gasteiger partial charge in [0.15, 0.2) is 5.58 Å². The number of amides is 2. The first-order valence-corrected chi connectivity index (χ1v) is 8.90. The summed E-state index contributed by atoms with van der Waals surface area (Å²) in [5.41, 5.74) is -0.0597. The Labute approximate surface area is 149 Å². The fourth-order valence-corrected chi connectivity index (χ4v) is 5.30. The standard InChI is InChI=1S/C19H18ClNO4/c1-9-8-10-12(5-4-11(20)15(10)24-9)21-16(22)13-14(17(21)23)19(3)7-6-18(13,2)25-19/h4-5,8,13-14H,6-7H2,1-3H3/t13-,14+,18?,19?. The van der Waals surface area contributed by atoms with Gasteiger partial charge in [0.2, 0.25) is 11.8 Å². The highest BCUT2D eigenvalue weighted by molar-refractivity contribution is 6.36. The SMILES string of the molecule is Cc1cc2c(N3C(=O)[C@@H]4[C@H](C3=O)C3(C)CCC4(C)O3)ccc(Cl)c2o1. The Bertz CT molecular complexity index is 932. The zero-order valence-corrected chi connectivity index (χ0v) is 15.0. The lowest BCUT2D eigenvalue weighted by Crippen LogP contribution is -2.40. The van der Waals surface area contributed by atoms with Crippen molar-refractivity contribution in [3.8, 4) is 0 Å². The molecule has 3 fully saturated rings. The molecular weight excluding hydrogens is 342 g/mol. The van der Waals surface area contributed by atoms with Crippen molar-refractivity contribution in [2.75, 3.05) is 4.90 Å². The summed E-state index contributed by atoms with van der Waals surface area (Å²) in [7, 11) is 0. The first kappa shape index (κ1) is 15.4. The molecule has 3 aliphatic heterocycles. The van der Waals surface area contributed by atoms with E-state index in [1.165, 1.54) is 4.90 Å². The van der Waals surface area contributed by atoms with Crippen molar-refractivity contribution in [3.05, 3.63) is 29.0 Å². The Morgan fingerprint density at radius 3 is 2.32 bits per heavy atom. The lowest BCUT2D eigenvalue weighted by atomic mass is 9.69. The van der Waals surface area contributed by atoms with Crippen molar-refractivity contribution in [2.45, 2.75) is 44.8 Å². The van der Waals surface area contributed by atoms with E-state index in [0.29, 0.717) is 27.4 Å². The van der Waals surface area contributed by atoms with Gasteiger partial charge in [-0.15, -0.1) is 0 Å². The maximum atomic E-state index is 13.2. The van der Waals surface area contributed by atoms with E-state index in [1.807, 2.05) is 26.8 Å². The highest BCUT2D eigenvalue weighted by Crippen LogP contribution is 2.61. The van der Waals surface area contributed by atoms with E-state index < -0.39 is 23.0 Å². The van der Waals surface area contributed by atoms with Gasteiger partial charge in [-0.1, -0.05) is 11.6 Å². The monoisotopic (exact) mass is 359 g/mol. The maximum Gasteiger partial charge on any atom is 0.240 e. The largest absolute Gasteiger partial charge is 0.460 e. The maximum absolute atomic E-state index is 13.2. The zero-order valence-electron chi connectivity index (χ0n) is 14.3. The van der Waals surface area contributed by atoms with Crippen LogP contribution in [-0.2, 0) is 14.3 Å². The van der Waals surface area contributed by atoms with E-state index in [0.717, 1.165) is 12.8 Å². The van der Waals surface area contributed by atoms with Crippen molar-refractivity contribution >= 4 is 40.1 Å². The Kier molecular flexibility index (Phi) is 2.75. The molecule has 5 rings (SSSR count). The quantitative estimate of drug-likeness (QED) is 0.726. The molecule has 2 bridgehead atoms. The number of fused-ring (bicyclic) bond motifs is 6. The minimum atomic E-state index is -0.557. The molecule has 2 aromatic rings. The summed E-state index contributed by atoms with van der Waals surface area (Å²) in [6.45, 7) is 5.73. The fraction of sp³-hybridized carbons (Fsp3) is 0.474. The van der Waals surface area contributed by atoms with Gasteiger partial charge in [-0.2, -0.15) is 0 Å². The summed E-state index contributed by atoms with van der Waals surface area (Å²) >= 11 is 6.22. The van der Waals surface area contributed by atoms with Crippen LogP contribution in [0, 0.1) is 18.8 Å². The Morgan fingerprint density at radius 2 is 1.72 bits per heavy atom. The van der Waals surface area contributed by atoms with Gasteiger partial charge in [-0.3, -0.25) is 9.59 Å². The smallest absolute Gasteiger partial charge is 0.240 e. The molecule has 5 nitrogen and oxygen atoms in total. The molecule has 0 saturated carbocycles. The highest BCUT2D eigenvalue weighted by Gasteiger charge is 2.72. The third-order valence-corrected chi connectivity index (χ3v) is 6.48. The molecule has 0 aliphatic carbocycles. The molecule has 0 N–H and O–H groups in total. The van der Waals surface area contributed by atoms with Crippen LogP contribution in [0.3, 0.4) is 0 Å². The van der Waals surface area contributed by atoms with Crippen LogP contribution < -0.4 is 4.90 Å². The molecule has 6 heteroatoms. The van der Waals surface area contributed by atoms with Crippen LogP contribution in [0.1, 0.15) is 32.4 Å². The van der Waals surface area contributed by atoms with Crippen molar-refractivity contribution < 1.29 is 18.7 Å². The summed E-state index contributed by atoms with van der Waals surface area (Å²) in [6.07, 6.45) is 1.61. The molecule has 0 radical (unpaired) electrons. The number of halogens is 1. The van der Waals surface area contributed by atoms with Crippen LogP contribution in [-0.4, -0.2) is 23.0 Å². The topological polar surface area (TPSA) is 59.8 Å². The summed E-state index contributed by atoms with van der Waals surface area (Å²) < 4.78 is 11.8. The van der Waals surface area contributed by atoms with E-state index >= 15 is 0 Å². The van der Waals surface area contributed by atoms with Gasteiger partial charge >= 0.3 is 0 Å². The Morgan fingerprint density at radius 1 is 1.12 bits per heavy atom. The number of furan rings is 1. The van der Waals surface area contributed by atoms with E-state index in [1.54, 1.807) is 12.1 Å². The minimum Gasteiger partial charge on any atom is -0.460 e. The molecule has 4 atom stereocenters. The normalized spacial score (nSPS) is 36.7. The molecule has 2 unspecified atom stereocenters. The minimum absolute atomic E-state index is 0.177. The molecular formula is C19H18ClNO4. The molecule has 25 heavy (non-hydrogen) atoms. The number of carbonyl (C=O) groups excluding carboxylic acids is 2. The predicted octanol–water partition coefficient (Wildman–Crippen LogP) is 3.84. The highest BCUT2D eigenvalue weighted by atomic mass is 35.5. The third kappa shape index (κ3) is 1.73. The lowest BCUT2D eigenvalue weighted by Gasteiger charge is -2.27. The van der Waals surface area contributed by atoms with Crippen LogP contribution >= 0.6 is 11.6 Å². The molecule has 4 heterocycles. The first-order chi connectivity index (χ1) is 11.8. The molecule has 0 spiro atoms. The number of ether oxygens (including phenoxy) is 1. The van der Waals surface area contributed by atoms with E-state index in [4.69, 9.17) is 20.8 Å². The van der Waals surface area contributed by atoms with Gasteiger partial charge in [0.1, 0.15) is 5.76 Å². The zero-order chi connectivity index (χ0) is 17.7. The number of nitrogens with zero attached hydrogens (tertiary/aromatic N) is 1. The van der Waals surface area contributed by atoms with Gasteiger partial charge in [0.25, 0.3) is 0 Å². The van der Waals surface area contributed by atoms with E-state index in [2.05, 4.69) is 0 Å². The second-order valence-electron chi connectivity index (χ2n) is 7.86. The third-order valence-electron chi connectivity index (χ3n) is 6.18. The first-order valence-electron chi connectivity index (χ1n) is 8.52. The van der Waals surface area contributed by atoms with Crippen molar-refractivity contribution in [1.82, 2.24) is 0 Å². The molecule has 130 valence electrons. The molecule has 2 amide bonds. The van der Waals surface area contributed by atoms with Gasteiger partial charge in [-0.25, -0.2) is 4.90 Å². The summed E-state index contributed by atoms with van der Waals surface area (Å²) in [4.78, 5) is 27.8. The molecule has 1 aromatic carbocycles. The average Bonchev–Trinajstić information content (AvgIpc) is 3.21. The van der Waals surface area contributed by atoms with Crippen LogP contribution in [0.2, 0.25) is 5.02 Å². The van der Waals surface area contributed by atoms with Crippen LogP contribution in [0.15, 0.2) is 22.6 Å². The number of imide groups is 1. The van der Waals surface area contributed by atoms with Crippen LogP contribution in [0.5, 0.6) is 0 Å². The number of benzene rings is 1. The van der Waals surface area contributed by atoms with Crippen molar-refractivity contribution in [2.24, 2.45) is 11.8 Å². The number of hydrogen-bond acceptors (Lipinski definition) is 4. The molecule has 1 aromatic heterocycles. The number of aryl methyl sites for hydroxylation is 1. The number of hydrogen-bond donors (Lipinski definition) is 0. The fourth-order valence-electron chi connectivity index (χ4n) is 5.10. The predicted molar refractivity (Wildman–Crippen MR) is 92.6 cm³/mol. The molecule has 3 saturated heterocycles. The second kappa shape index (κ2) is 4.46. The number of carbonyl (C=O) groups is 2. The van der Waals surface area contributed by atoms with Crippen LogP contribution in [0.25, 0.3) is 11.0 Å². The van der Waals surface area contributed by atoms with E-state index in [-0.39, 0.29) is 11.8 Å². The average molecular weight is 360 g/mol. The van der Waals surface area contributed by atoms with Gasteiger partial charge < -0.3 is 9.15 Å². The Hall–Kier alpha value is -1.85. The number of anilines is 1. The Balaban J connectivity index is 1.69. The van der Waals surface area contributed by atoms with Gasteiger partial charge in [0.05, 0.1) is 33.7 Å². The molecule has 3 aliphatic rings. The van der Waals surface area contributed by atoms with Crippen LogP contribution in [0.4, 0.5) is 5.69 Å². The lowest BCUT2D eigenvalue weighted by molar-refractivity contribution is -0.129. The number of rotatable bonds is 1. The van der Waals surface area contributed by atoms with Gasteiger partial charge in [-0.05, 0) is 51.8 Å². The van der Waals surface area contributed by atoms with Crippen molar-refractivity contribution in [3.63, 3.8) is 0 Å². The van der Waals surface area contributed by atoms with Crippen molar-refractivity contribution in [1.29, 1.82) is 0 Å². The van der Waals surface area contributed by atoms with Gasteiger partial charge in [0, 0.05) is 5.39 Å². The summed E-state index contributed by atoms with van der Waals surface area (Å²) in [5, 5.41) is 1.16. The summed E-state index contributed by atoms with van der Waals surface area (Å²) in [6, 6.07) is 5.22. The second-order valence-corrected chi connectivity index (χ2v) is 8.27. The van der Waals surface area contributed by atoms with E-state index in [9.17, 15) is 9.59 Å². The summed E-state index contributed by atoms with van der Waals surface area (Å²) in [5.74, 6) is -0.507.